The standard InChI is InChI=1S/C31H27N5O4/c1-20(37)21-4-6-22(7-5-21)23-8-10-26(11-9-23)35-28-3-2-14-33-29(28)36(31(35)40)27-13-16-34(19-27)18-25-17-24(30(38)39)12-15-32-25/h2-12,14-15,17,27,37H,1,13,16,18-19H2,(H,38,39)/t27-/m0/s1. The zero-order chi connectivity index (χ0) is 27.8. The van der Waals surface area contributed by atoms with E-state index in [9.17, 15) is 19.8 Å². The minimum atomic E-state index is -0.979. The molecule has 6 rings (SSSR count). The lowest BCUT2D eigenvalue weighted by molar-refractivity contribution is 0.0696. The average molecular weight is 534 g/mol. The molecule has 1 fully saturated rings. The molecule has 0 bridgehead atoms. The molecule has 9 heteroatoms. The Hall–Kier alpha value is -5.02. The van der Waals surface area contributed by atoms with Crippen LogP contribution in [0.15, 0.2) is 96.6 Å². The third-order valence-electron chi connectivity index (χ3n) is 7.37. The molecule has 0 unspecified atom stereocenters. The summed E-state index contributed by atoms with van der Waals surface area (Å²) in [6.07, 6.45) is 3.98. The van der Waals surface area contributed by atoms with Crippen LogP contribution in [0, 0.1) is 0 Å². The molecule has 1 aliphatic heterocycles. The van der Waals surface area contributed by atoms with Crippen LogP contribution in [0.3, 0.4) is 0 Å². The van der Waals surface area contributed by atoms with Gasteiger partial charge in [0.05, 0.1) is 28.5 Å². The fourth-order valence-electron chi connectivity index (χ4n) is 5.38. The first-order valence-corrected chi connectivity index (χ1v) is 13.0. The first kappa shape index (κ1) is 25.3. The zero-order valence-electron chi connectivity index (χ0n) is 21.6. The summed E-state index contributed by atoms with van der Waals surface area (Å²) in [5.74, 6) is -0.951. The number of hydrogen-bond donors (Lipinski definition) is 2. The molecular weight excluding hydrogens is 506 g/mol. The van der Waals surface area contributed by atoms with E-state index >= 15 is 0 Å². The maximum Gasteiger partial charge on any atom is 0.335 e. The highest BCUT2D eigenvalue weighted by atomic mass is 16.4. The van der Waals surface area contributed by atoms with E-state index in [0.29, 0.717) is 30.0 Å². The van der Waals surface area contributed by atoms with Gasteiger partial charge in [-0.3, -0.25) is 19.0 Å². The van der Waals surface area contributed by atoms with Crippen molar-refractivity contribution in [1.29, 1.82) is 0 Å². The van der Waals surface area contributed by atoms with Crippen LogP contribution in [0.5, 0.6) is 0 Å². The fourth-order valence-corrected chi connectivity index (χ4v) is 5.38. The summed E-state index contributed by atoms with van der Waals surface area (Å²) in [7, 11) is 0. The van der Waals surface area contributed by atoms with Crippen molar-refractivity contribution in [3.63, 3.8) is 0 Å². The van der Waals surface area contributed by atoms with E-state index in [1.807, 2.05) is 60.7 Å². The van der Waals surface area contributed by atoms with Crippen molar-refractivity contribution in [2.75, 3.05) is 13.1 Å². The number of imidazole rings is 1. The molecule has 0 aliphatic carbocycles. The number of rotatable bonds is 7. The lowest BCUT2D eigenvalue weighted by atomic mass is 10.0. The first-order valence-electron chi connectivity index (χ1n) is 13.0. The van der Waals surface area contributed by atoms with Crippen LogP contribution in [-0.4, -0.2) is 53.3 Å². The van der Waals surface area contributed by atoms with Crippen molar-refractivity contribution in [3.05, 3.63) is 119 Å². The highest BCUT2D eigenvalue weighted by Gasteiger charge is 2.29. The normalized spacial score (nSPS) is 15.4. The number of hydrogen-bond acceptors (Lipinski definition) is 6. The smallest absolute Gasteiger partial charge is 0.335 e. The molecule has 0 amide bonds. The lowest BCUT2D eigenvalue weighted by Gasteiger charge is -2.16. The zero-order valence-corrected chi connectivity index (χ0v) is 21.6. The number of pyridine rings is 2. The number of nitrogens with zero attached hydrogens (tertiary/aromatic N) is 5. The van der Waals surface area contributed by atoms with Gasteiger partial charge in [0.2, 0.25) is 0 Å². The fraction of sp³-hybridized carbons (Fsp3) is 0.161. The molecule has 1 aliphatic rings. The van der Waals surface area contributed by atoms with E-state index in [-0.39, 0.29) is 23.1 Å². The molecule has 1 atom stereocenters. The summed E-state index contributed by atoms with van der Waals surface area (Å²) in [6, 6.07) is 22.0. The van der Waals surface area contributed by atoms with E-state index in [4.69, 9.17) is 0 Å². The van der Waals surface area contributed by atoms with Crippen LogP contribution >= 0.6 is 0 Å². The van der Waals surface area contributed by atoms with Crippen molar-refractivity contribution in [3.8, 4) is 16.8 Å². The van der Waals surface area contributed by atoms with Gasteiger partial charge >= 0.3 is 11.7 Å². The van der Waals surface area contributed by atoms with Gasteiger partial charge in [-0.15, -0.1) is 0 Å². The number of carboxylic acids is 1. The molecule has 2 N–H and O–H groups in total. The van der Waals surface area contributed by atoms with Gasteiger partial charge in [-0.1, -0.05) is 43.0 Å². The number of likely N-dealkylation sites (tertiary alicyclic amines) is 1. The molecule has 200 valence electrons. The molecule has 9 nitrogen and oxygen atoms in total. The van der Waals surface area contributed by atoms with E-state index in [2.05, 4.69) is 21.4 Å². The van der Waals surface area contributed by atoms with Gasteiger partial charge in [0, 0.05) is 37.6 Å². The molecule has 2 aromatic carbocycles. The van der Waals surface area contributed by atoms with Gasteiger partial charge in [-0.05, 0) is 53.9 Å². The van der Waals surface area contributed by atoms with Crippen molar-refractivity contribution < 1.29 is 15.0 Å². The predicted molar refractivity (Wildman–Crippen MR) is 153 cm³/mol. The van der Waals surface area contributed by atoms with E-state index < -0.39 is 5.97 Å². The topological polar surface area (TPSA) is 113 Å². The number of carboxylic acid groups (broad SMARTS) is 1. The van der Waals surface area contributed by atoms with E-state index in [1.165, 1.54) is 12.3 Å². The number of benzene rings is 2. The van der Waals surface area contributed by atoms with Crippen LogP contribution in [0.4, 0.5) is 0 Å². The predicted octanol–water partition coefficient (Wildman–Crippen LogP) is 4.92. The number of aromatic carboxylic acids is 1. The average Bonchev–Trinajstić information content (AvgIpc) is 3.54. The monoisotopic (exact) mass is 533 g/mol. The minimum absolute atomic E-state index is 0.0284. The van der Waals surface area contributed by atoms with Crippen molar-refractivity contribution in [2.24, 2.45) is 0 Å². The quantitative estimate of drug-likeness (QED) is 0.285. The summed E-state index contributed by atoms with van der Waals surface area (Å²) >= 11 is 0. The number of aliphatic hydroxyl groups excluding tert-OH is 1. The summed E-state index contributed by atoms with van der Waals surface area (Å²) < 4.78 is 3.48. The van der Waals surface area contributed by atoms with Crippen LogP contribution < -0.4 is 5.69 Å². The van der Waals surface area contributed by atoms with Crippen molar-refractivity contribution in [1.82, 2.24) is 24.0 Å². The molecule has 1 saturated heterocycles. The van der Waals surface area contributed by atoms with Crippen LogP contribution in [-0.2, 0) is 6.54 Å². The number of fused-ring (bicyclic) bond motifs is 1. The van der Waals surface area contributed by atoms with Gasteiger partial charge < -0.3 is 10.2 Å². The SMILES string of the molecule is C=C(O)c1ccc(-c2ccc(-n3c(=O)n([C@H]4CCN(Cc5cc(C(=O)O)ccn5)C4)c4ncccc43)cc2)cc1. The Morgan fingerprint density at radius 1 is 0.925 bits per heavy atom. The summed E-state index contributed by atoms with van der Waals surface area (Å²) in [4.78, 5) is 36.3. The first-order chi connectivity index (χ1) is 19.4. The Kier molecular flexibility index (Phi) is 6.49. The molecule has 0 saturated carbocycles. The van der Waals surface area contributed by atoms with Gasteiger partial charge in [0.1, 0.15) is 5.76 Å². The Balaban J connectivity index is 1.28. The summed E-state index contributed by atoms with van der Waals surface area (Å²) in [5.41, 5.74) is 5.51. The minimum Gasteiger partial charge on any atom is -0.508 e. The Bertz CT molecular complexity index is 1790. The second kappa shape index (κ2) is 10.3. The summed E-state index contributed by atoms with van der Waals surface area (Å²) in [6.45, 7) is 5.45. The highest BCUT2D eigenvalue weighted by molar-refractivity contribution is 5.87. The molecule has 40 heavy (non-hydrogen) atoms. The van der Waals surface area contributed by atoms with Gasteiger partial charge in [0.15, 0.2) is 5.65 Å². The molecule has 0 radical (unpaired) electrons. The van der Waals surface area contributed by atoms with Gasteiger partial charge in [-0.25, -0.2) is 14.6 Å². The third-order valence-corrected chi connectivity index (χ3v) is 7.37. The number of carbonyl (C=O) groups is 1. The van der Waals surface area contributed by atoms with E-state index in [0.717, 1.165) is 35.3 Å². The summed E-state index contributed by atoms with van der Waals surface area (Å²) in [5, 5.41) is 18.9. The lowest BCUT2D eigenvalue weighted by Crippen LogP contribution is -2.29. The maximum absolute atomic E-state index is 13.9. The third kappa shape index (κ3) is 4.67. The van der Waals surface area contributed by atoms with Crippen molar-refractivity contribution in [2.45, 2.75) is 19.0 Å². The Morgan fingerprint density at radius 2 is 1.65 bits per heavy atom. The van der Waals surface area contributed by atoms with Crippen LogP contribution in [0.2, 0.25) is 0 Å². The molecule has 3 aromatic heterocycles. The Morgan fingerprint density at radius 3 is 2.35 bits per heavy atom. The van der Waals surface area contributed by atoms with Gasteiger partial charge in [0.25, 0.3) is 0 Å². The number of aromatic nitrogens is 4. The van der Waals surface area contributed by atoms with Crippen LogP contribution in [0.25, 0.3) is 33.7 Å². The van der Waals surface area contributed by atoms with Crippen LogP contribution in [0.1, 0.15) is 34.1 Å². The molecular formula is C31H27N5O4. The maximum atomic E-state index is 13.9. The Labute approximate surface area is 229 Å². The molecule has 0 spiro atoms. The second-order valence-electron chi connectivity index (χ2n) is 9.92. The molecule has 5 aromatic rings. The largest absolute Gasteiger partial charge is 0.508 e. The number of aliphatic hydroxyl groups is 1. The van der Waals surface area contributed by atoms with E-state index in [1.54, 1.807) is 21.4 Å². The van der Waals surface area contributed by atoms with Crippen molar-refractivity contribution >= 4 is 22.9 Å². The molecule has 4 heterocycles. The second-order valence-corrected chi connectivity index (χ2v) is 9.92. The highest BCUT2D eigenvalue weighted by Crippen LogP contribution is 2.28. The van der Waals surface area contributed by atoms with Gasteiger partial charge in [-0.2, -0.15) is 0 Å².